The van der Waals surface area contributed by atoms with Crippen LogP contribution in [-0.2, 0) is 0 Å². The maximum atomic E-state index is 14.1. The van der Waals surface area contributed by atoms with Gasteiger partial charge in [0, 0.05) is 16.3 Å². The molecule has 1 heterocycles. The van der Waals surface area contributed by atoms with E-state index < -0.39 is 11.9 Å². The van der Waals surface area contributed by atoms with E-state index in [2.05, 4.69) is 10.2 Å². The molecule has 3 aromatic carbocycles. The Kier molecular flexibility index (Phi) is 6.87. The fourth-order valence-electron chi connectivity index (χ4n) is 3.09. The Morgan fingerprint density at radius 3 is 2.44 bits per heavy atom. The number of aromatic nitrogens is 3. The number of Topliss-reactive ketones (excluding diaryl/α,β-unsaturated/α-hetero) is 1. The molecule has 8 heteroatoms. The topological polar surface area (TPSA) is 57.0 Å². The van der Waals surface area contributed by atoms with E-state index in [0.717, 1.165) is 5.69 Å². The third-order valence-corrected chi connectivity index (χ3v) is 5.86. The minimum atomic E-state index is -0.582. The summed E-state index contributed by atoms with van der Waals surface area (Å²) in [5.74, 6) is 0.310. The first kappa shape index (κ1) is 22.0. The summed E-state index contributed by atoms with van der Waals surface area (Å²) in [7, 11) is 0. The van der Waals surface area contributed by atoms with Crippen molar-refractivity contribution in [1.29, 1.82) is 0 Å². The number of hydrogen-bond acceptors (Lipinski definition) is 5. The summed E-state index contributed by atoms with van der Waals surface area (Å²) in [4.78, 5) is 12.6. The first-order valence-corrected chi connectivity index (χ1v) is 11.2. The number of ether oxygens (including phenoxy) is 1. The molecule has 162 valence electrons. The van der Waals surface area contributed by atoms with Gasteiger partial charge in [-0.05, 0) is 55.5 Å². The molecule has 5 nitrogen and oxygen atoms in total. The fourth-order valence-corrected chi connectivity index (χ4v) is 4.07. The van der Waals surface area contributed by atoms with Crippen LogP contribution < -0.4 is 4.74 Å². The zero-order valence-corrected chi connectivity index (χ0v) is 18.7. The number of ketones is 1. The molecule has 0 bridgehead atoms. The molecule has 0 saturated heterocycles. The third-order valence-electron chi connectivity index (χ3n) is 4.68. The van der Waals surface area contributed by atoms with Crippen molar-refractivity contribution in [2.45, 2.75) is 18.2 Å². The van der Waals surface area contributed by atoms with Crippen molar-refractivity contribution in [2.75, 3.05) is 5.75 Å². The Balaban J connectivity index is 1.60. The van der Waals surface area contributed by atoms with E-state index in [1.807, 2.05) is 34.9 Å². The Hall–Kier alpha value is -3.16. The van der Waals surface area contributed by atoms with Crippen LogP contribution in [-0.4, -0.2) is 26.3 Å². The van der Waals surface area contributed by atoms with Crippen molar-refractivity contribution in [3.63, 3.8) is 0 Å². The van der Waals surface area contributed by atoms with Gasteiger partial charge in [-0.15, -0.1) is 10.2 Å². The number of hydrogen-bond donors (Lipinski definition) is 0. The van der Waals surface area contributed by atoms with Gasteiger partial charge in [0.2, 0.25) is 0 Å². The molecule has 1 unspecified atom stereocenters. The fraction of sp³-hybridized carbons (Fsp3) is 0.125. The highest BCUT2D eigenvalue weighted by atomic mass is 35.5. The van der Waals surface area contributed by atoms with Gasteiger partial charge in [0.05, 0.1) is 5.75 Å². The van der Waals surface area contributed by atoms with Gasteiger partial charge in [0.1, 0.15) is 0 Å². The number of thioether (sulfide) groups is 1. The number of halogens is 2. The largest absolute Gasteiger partial charge is 0.480 e. The van der Waals surface area contributed by atoms with E-state index in [9.17, 15) is 9.18 Å². The molecule has 0 aliphatic rings. The van der Waals surface area contributed by atoms with Crippen LogP contribution in [0, 0.1) is 5.82 Å². The number of carbonyl (C=O) groups excluding carboxylic acids is 1. The van der Waals surface area contributed by atoms with Crippen LogP contribution in [0.5, 0.6) is 5.75 Å². The summed E-state index contributed by atoms with van der Waals surface area (Å²) in [6.07, 6.45) is -0.582. The van der Waals surface area contributed by atoms with Crippen LogP contribution in [0.25, 0.3) is 5.69 Å². The summed E-state index contributed by atoms with van der Waals surface area (Å²) in [5, 5.41) is 9.70. The predicted octanol–water partition coefficient (Wildman–Crippen LogP) is 6.17. The van der Waals surface area contributed by atoms with E-state index in [1.54, 1.807) is 49.4 Å². The zero-order valence-electron chi connectivity index (χ0n) is 17.1. The highest BCUT2D eigenvalue weighted by Crippen LogP contribution is 2.29. The van der Waals surface area contributed by atoms with Gasteiger partial charge in [-0.2, -0.15) is 0 Å². The number of nitrogens with zero attached hydrogens (tertiary/aromatic N) is 3. The number of benzene rings is 3. The maximum absolute atomic E-state index is 14.1. The van der Waals surface area contributed by atoms with Crippen molar-refractivity contribution in [3.05, 3.63) is 101 Å². The van der Waals surface area contributed by atoms with E-state index in [4.69, 9.17) is 16.3 Å². The lowest BCUT2D eigenvalue weighted by Gasteiger charge is -2.17. The summed E-state index contributed by atoms with van der Waals surface area (Å²) in [6.45, 7) is 1.78. The predicted molar refractivity (Wildman–Crippen MR) is 123 cm³/mol. The van der Waals surface area contributed by atoms with Crippen LogP contribution in [0.2, 0.25) is 5.02 Å². The Morgan fingerprint density at radius 2 is 1.72 bits per heavy atom. The summed E-state index contributed by atoms with van der Waals surface area (Å²) in [5.41, 5.74) is 1.39. The van der Waals surface area contributed by atoms with E-state index in [1.165, 1.54) is 17.8 Å². The SMILES string of the molecule is CC(Oc1ccccc1F)c1nnc(SCC(=O)c2ccc(Cl)cc2)n1-c1ccccc1. The van der Waals surface area contributed by atoms with Crippen molar-refractivity contribution < 1.29 is 13.9 Å². The number of rotatable bonds is 8. The molecule has 1 atom stereocenters. The minimum Gasteiger partial charge on any atom is -0.480 e. The highest BCUT2D eigenvalue weighted by molar-refractivity contribution is 7.99. The molecule has 4 rings (SSSR count). The quantitative estimate of drug-likeness (QED) is 0.229. The van der Waals surface area contributed by atoms with Gasteiger partial charge in [-0.3, -0.25) is 9.36 Å². The van der Waals surface area contributed by atoms with Crippen molar-refractivity contribution >= 4 is 29.1 Å². The van der Waals surface area contributed by atoms with Gasteiger partial charge in [0.25, 0.3) is 0 Å². The molecule has 1 aromatic heterocycles. The molecule has 0 amide bonds. The third kappa shape index (κ3) is 5.00. The van der Waals surface area contributed by atoms with Crippen LogP contribution >= 0.6 is 23.4 Å². The Labute approximate surface area is 194 Å². The van der Waals surface area contributed by atoms with E-state index >= 15 is 0 Å². The average Bonchev–Trinajstić information content (AvgIpc) is 3.24. The summed E-state index contributed by atoms with van der Waals surface area (Å²) in [6, 6.07) is 22.5. The summed E-state index contributed by atoms with van der Waals surface area (Å²) >= 11 is 7.18. The molecule has 0 aliphatic carbocycles. The van der Waals surface area contributed by atoms with Gasteiger partial charge in [-0.25, -0.2) is 4.39 Å². The molecular formula is C24H19ClFN3O2S. The maximum Gasteiger partial charge on any atom is 0.196 e. The normalized spacial score (nSPS) is 11.8. The van der Waals surface area contributed by atoms with Gasteiger partial charge < -0.3 is 4.74 Å². The average molecular weight is 468 g/mol. The summed E-state index contributed by atoms with van der Waals surface area (Å²) < 4.78 is 21.7. The molecule has 0 radical (unpaired) electrons. The number of para-hydroxylation sites is 2. The van der Waals surface area contributed by atoms with E-state index in [0.29, 0.717) is 21.6 Å². The van der Waals surface area contributed by atoms with Crippen LogP contribution in [0.3, 0.4) is 0 Å². The first-order chi connectivity index (χ1) is 15.5. The molecule has 0 fully saturated rings. The molecule has 0 saturated carbocycles. The van der Waals surface area contributed by atoms with Gasteiger partial charge in [0.15, 0.2) is 34.4 Å². The second-order valence-corrected chi connectivity index (χ2v) is 8.30. The lowest BCUT2D eigenvalue weighted by Crippen LogP contribution is -2.12. The lowest BCUT2D eigenvalue weighted by atomic mass is 10.1. The first-order valence-electron chi connectivity index (χ1n) is 9.86. The standard InChI is InChI=1S/C24H19ClFN3O2S/c1-16(31-22-10-6-5-9-20(22)26)23-27-28-24(29(23)19-7-3-2-4-8-19)32-15-21(30)17-11-13-18(25)14-12-17/h2-14,16H,15H2,1H3. The molecule has 0 N–H and O–H groups in total. The van der Waals surface area contributed by atoms with Crippen LogP contribution in [0.15, 0.2) is 84.0 Å². The van der Waals surface area contributed by atoms with Gasteiger partial charge >= 0.3 is 0 Å². The van der Waals surface area contributed by atoms with Crippen LogP contribution in [0.1, 0.15) is 29.2 Å². The molecule has 0 aliphatic heterocycles. The molecule has 0 spiro atoms. The highest BCUT2D eigenvalue weighted by Gasteiger charge is 2.22. The molecule has 4 aromatic rings. The lowest BCUT2D eigenvalue weighted by molar-refractivity contribution is 0.102. The van der Waals surface area contributed by atoms with E-state index in [-0.39, 0.29) is 17.3 Å². The monoisotopic (exact) mass is 467 g/mol. The second kappa shape index (κ2) is 9.97. The van der Waals surface area contributed by atoms with Crippen molar-refractivity contribution in [3.8, 4) is 11.4 Å². The molecular weight excluding hydrogens is 449 g/mol. The molecule has 32 heavy (non-hydrogen) atoms. The Bertz CT molecular complexity index is 1220. The minimum absolute atomic E-state index is 0.0496. The van der Waals surface area contributed by atoms with Crippen molar-refractivity contribution in [2.24, 2.45) is 0 Å². The Morgan fingerprint density at radius 1 is 1.03 bits per heavy atom. The number of carbonyl (C=O) groups is 1. The van der Waals surface area contributed by atoms with Crippen molar-refractivity contribution in [1.82, 2.24) is 14.8 Å². The smallest absolute Gasteiger partial charge is 0.196 e. The van der Waals surface area contributed by atoms with Crippen LogP contribution in [0.4, 0.5) is 4.39 Å². The van der Waals surface area contributed by atoms with Gasteiger partial charge in [-0.1, -0.05) is 53.7 Å². The second-order valence-electron chi connectivity index (χ2n) is 6.92. The zero-order chi connectivity index (χ0) is 22.5.